The van der Waals surface area contributed by atoms with Crippen molar-refractivity contribution < 1.29 is 9.18 Å². The summed E-state index contributed by atoms with van der Waals surface area (Å²) in [6.45, 7) is 2.80. The molecule has 1 fully saturated rings. The Morgan fingerprint density at radius 3 is 2.70 bits per heavy atom. The number of para-hydroxylation sites is 1. The molecule has 1 N–H and O–H groups in total. The van der Waals surface area contributed by atoms with Gasteiger partial charge in [0.15, 0.2) is 0 Å². The van der Waals surface area contributed by atoms with Crippen LogP contribution in [0.1, 0.15) is 36.9 Å². The third kappa shape index (κ3) is 3.36. The van der Waals surface area contributed by atoms with Gasteiger partial charge in [-0.05, 0) is 48.6 Å². The molecule has 1 aliphatic heterocycles. The van der Waals surface area contributed by atoms with E-state index in [1.54, 1.807) is 12.1 Å². The third-order valence-corrected chi connectivity index (χ3v) is 4.41. The van der Waals surface area contributed by atoms with Crippen LogP contribution in [0.3, 0.4) is 0 Å². The zero-order valence-electron chi connectivity index (χ0n) is 13.3. The molecule has 1 saturated heterocycles. The van der Waals surface area contributed by atoms with Crippen molar-refractivity contribution in [2.75, 3.05) is 11.9 Å². The number of rotatable bonds is 3. The van der Waals surface area contributed by atoms with Crippen LogP contribution in [0.2, 0.25) is 0 Å². The van der Waals surface area contributed by atoms with Crippen LogP contribution in [0.4, 0.5) is 14.9 Å². The van der Waals surface area contributed by atoms with Gasteiger partial charge in [-0.1, -0.05) is 37.3 Å². The minimum Gasteiger partial charge on any atom is -0.317 e. The van der Waals surface area contributed by atoms with E-state index in [9.17, 15) is 9.18 Å². The molecular weight excluding hydrogens is 291 g/mol. The summed E-state index contributed by atoms with van der Waals surface area (Å²) in [5, 5.41) is 3.03. The molecule has 0 saturated carbocycles. The van der Waals surface area contributed by atoms with Crippen LogP contribution in [0.25, 0.3) is 0 Å². The molecule has 23 heavy (non-hydrogen) atoms. The molecule has 0 unspecified atom stereocenters. The summed E-state index contributed by atoms with van der Waals surface area (Å²) in [5.74, 6) is -0.250. The smallest absolute Gasteiger partial charge is 0.317 e. The predicted octanol–water partition coefficient (Wildman–Crippen LogP) is 4.76. The molecule has 0 spiro atoms. The highest BCUT2D eigenvalue weighted by atomic mass is 19.1. The molecule has 0 bridgehead atoms. The predicted molar refractivity (Wildman–Crippen MR) is 89.9 cm³/mol. The lowest BCUT2D eigenvalue weighted by Gasteiger charge is -2.26. The van der Waals surface area contributed by atoms with Crippen LogP contribution < -0.4 is 5.32 Å². The molecule has 0 radical (unpaired) electrons. The van der Waals surface area contributed by atoms with Crippen LogP contribution in [-0.4, -0.2) is 17.5 Å². The van der Waals surface area contributed by atoms with Crippen LogP contribution in [0, 0.1) is 5.82 Å². The average Bonchev–Trinajstić information content (AvgIpc) is 3.06. The Hall–Kier alpha value is -2.36. The second-order valence-electron chi connectivity index (χ2n) is 5.84. The molecule has 4 heteroatoms. The van der Waals surface area contributed by atoms with Gasteiger partial charge >= 0.3 is 6.03 Å². The van der Waals surface area contributed by atoms with Crippen molar-refractivity contribution in [3.63, 3.8) is 0 Å². The molecule has 2 amide bonds. The fraction of sp³-hybridized carbons (Fsp3) is 0.316. The number of nitrogens with zero attached hydrogens (tertiary/aromatic N) is 1. The fourth-order valence-electron chi connectivity index (χ4n) is 3.18. The van der Waals surface area contributed by atoms with Crippen molar-refractivity contribution in [1.29, 1.82) is 0 Å². The Bertz CT molecular complexity index is 684. The van der Waals surface area contributed by atoms with Gasteiger partial charge < -0.3 is 10.2 Å². The van der Waals surface area contributed by atoms with Crippen LogP contribution in [0.15, 0.2) is 48.5 Å². The van der Waals surface area contributed by atoms with E-state index in [1.165, 1.54) is 12.1 Å². The summed E-state index contributed by atoms with van der Waals surface area (Å²) < 4.78 is 13.1. The van der Waals surface area contributed by atoms with E-state index in [1.807, 2.05) is 29.2 Å². The van der Waals surface area contributed by atoms with Gasteiger partial charge in [0, 0.05) is 12.2 Å². The Morgan fingerprint density at radius 2 is 1.96 bits per heavy atom. The minimum absolute atomic E-state index is 0.0180. The number of carbonyl (C=O) groups is 1. The van der Waals surface area contributed by atoms with Crippen LogP contribution in [0.5, 0.6) is 0 Å². The van der Waals surface area contributed by atoms with Gasteiger partial charge in [-0.15, -0.1) is 0 Å². The molecular formula is C19H21FN2O. The maximum Gasteiger partial charge on any atom is 0.322 e. The van der Waals surface area contributed by atoms with Gasteiger partial charge in [0.25, 0.3) is 0 Å². The number of carbonyl (C=O) groups excluding carboxylic acids is 1. The Kier molecular flexibility index (Phi) is 4.60. The van der Waals surface area contributed by atoms with Crippen LogP contribution >= 0.6 is 0 Å². The number of hydrogen-bond acceptors (Lipinski definition) is 1. The summed E-state index contributed by atoms with van der Waals surface area (Å²) in [4.78, 5) is 14.5. The monoisotopic (exact) mass is 312 g/mol. The highest BCUT2D eigenvalue weighted by Crippen LogP contribution is 2.32. The van der Waals surface area contributed by atoms with E-state index in [0.29, 0.717) is 0 Å². The van der Waals surface area contributed by atoms with E-state index in [0.717, 1.165) is 42.6 Å². The number of aryl methyl sites for hydroxylation is 1. The normalized spacial score (nSPS) is 17.3. The fourth-order valence-corrected chi connectivity index (χ4v) is 3.18. The summed E-state index contributed by atoms with van der Waals surface area (Å²) in [6, 6.07) is 14.2. The maximum absolute atomic E-state index is 13.1. The number of likely N-dealkylation sites (tertiary alicyclic amines) is 1. The van der Waals surface area contributed by atoms with Gasteiger partial charge in [0.1, 0.15) is 5.82 Å². The molecule has 0 aromatic heterocycles. The largest absolute Gasteiger partial charge is 0.322 e. The summed E-state index contributed by atoms with van der Waals surface area (Å²) in [7, 11) is 0. The second-order valence-corrected chi connectivity index (χ2v) is 5.84. The Balaban J connectivity index is 1.77. The summed E-state index contributed by atoms with van der Waals surface area (Å²) in [5.41, 5.74) is 2.98. The minimum atomic E-state index is -0.250. The molecule has 1 heterocycles. The van der Waals surface area contributed by atoms with Gasteiger partial charge in [0.05, 0.1) is 6.04 Å². The number of benzene rings is 2. The van der Waals surface area contributed by atoms with Gasteiger partial charge in [-0.3, -0.25) is 0 Å². The van der Waals surface area contributed by atoms with Crippen molar-refractivity contribution in [3.05, 3.63) is 65.5 Å². The number of amides is 2. The van der Waals surface area contributed by atoms with Crippen molar-refractivity contribution >= 4 is 11.7 Å². The highest BCUT2D eigenvalue weighted by molar-refractivity contribution is 5.90. The molecule has 2 aromatic rings. The van der Waals surface area contributed by atoms with Gasteiger partial charge in [0.2, 0.25) is 0 Å². The lowest BCUT2D eigenvalue weighted by Crippen LogP contribution is -2.34. The second kappa shape index (κ2) is 6.82. The van der Waals surface area contributed by atoms with Crippen molar-refractivity contribution in [2.45, 2.75) is 32.2 Å². The topological polar surface area (TPSA) is 32.3 Å². The molecule has 2 aromatic carbocycles. The number of halogens is 1. The first-order valence-corrected chi connectivity index (χ1v) is 8.10. The maximum atomic E-state index is 13.1. The van der Waals surface area contributed by atoms with E-state index in [4.69, 9.17) is 0 Å². The summed E-state index contributed by atoms with van der Waals surface area (Å²) in [6.07, 6.45) is 2.75. The molecule has 1 atom stereocenters. The standard InChI is InChI=1S/C19H21FN2O/c1-2-14-6-3-4-7-17(14)21-19(23)22-13-5-8-18(22)15-9-11-16(20)12-10-15/h3-4,6-7,9-12,18H,2,5,8,13H2,1H3,(H,21,23)/t18-/m0/s1. The molecule has 1 aliphatic rings. The zero-order chi connectivity index (χ0) is 16.2. The summed E-state index contributed by atoms with van der Waals surface area (Å²) >= 11 is 0. The number of nitrogens with one attached hydrogen (secondary N) is 1. The molecule has 3 rings (SSSR count). The Labute approximate surface area is 136 Å². The van der Waals surface area contributed by atoms with Crippen molar-refractivity contribution in [2.24, 2.45) is 0 Å². The van der Waals surface area contributed by atoms with E-state index in [-0.39, 0.29) is 17.9 Å². The quantitative estimate of drug-likeness (QED) is 0.871. The van der Waals surface area contributed by atoms with E-state index >= 15 is 0 Å². The average molecular weight is 312 g/mol. The van der Waals surface area contributed by atoms with Crippen LogP contribution in [-0.2, 0) is 6.42 Å². The number of urea groups is 1. The first-order chi connectivity index (χ1) is 11.2. The molecule has 120 valence electrons. The highest BCUT2D eigenvalue weighted by Gasteiger charge is 2.30. The molecule has 3 nitrogen and oxygen atoms in total. The first-order valence-electron chi connectivity index (χ1n) is 8.10. The SMILES string of the molecule is CCc1ccccc1NC(=O)N1CCC[C@H]1c1ccc(F)cc1. The van der Waals surface area contributed by atoms with Gasteiger partial charge in [-0.2, -0.15) is 0 Å². The van der Waals surface area contributed by atoms with E-state index in [2.05, 4.69) is 12.2 Å². The zero-order valence-corrected chi connectivity index (χ0v) is 13.3. The third-order valence-electron chi connectivity index (χ3n) is 4.41. The van der Waals surface area contributed by atoms with Gasteiger partial charge in [-0.25, -0.2) is 9.18 Å². The Morgan fingerprint density at radius 1 is 1.22 bits per heavy atom. The van der Waals surface area contributed by atoms with Crippen molar-refractivity contribution in [3.8, 4) is 0 Å². The van der Waals surface area contributed by atoms with E-state index < -0.39 is 0 Å². The van der Waals surface area contributed by atoms with Crippen molar-refractivity contribution in [1.82, 2.24) is 4.90 Å². The lowest BCUT2D eigenvalue weighted by atomic mass is 10.0. The number of hydrogen-bond donors (Lipinski definition) is 1. The molecule has 0 aliphatic carbocycles. The first kappa shape index (κ1) is 15.5. The number of anilines is 1. The lowest BCUT2D eigenvalue weighted by molar-refractivity contribution is 0.207.